The van der Waals surface area contributed by atoms with Gasteiger partial charge in [-0.2, -0.15) is 13.2 Å². The van der Waals surface area contributed by atoms with Gasteiger partial charge in [-0.25, -0.2) is 4.98 Å². The van der Waals surface area contributed by atoms with Crippen LogP contribution >= 0.6 is 0 Å². The fourth-order valence-electron chi connectivity index (χ4n) is 2.50. The number of benzene rings is 2. The number of halogens is 3. The normalized spacial score (nSPS) is 11.3. The van der Waals surface area contributed by atoms with Crippen LogP contribution in [-0.2, 0) is 12.7 Å². The molecule has 0 aliphatic carbocycles. The molecule has 1 heterocycles. The lowest BCUT2D eigenvalue weighted by molar-refractivity contribution is -0.137. The molecule has 3 aromatic rings. The summed E-state index contributed by atoms with van der Waals surface area (Å²) >= 11 is 0. The van der Waals surface area contributed by atoms with E-state index in [1.54, 1.807) is 19.2 Å². The van der Waals surface area contributed by atoms with Gasteiger partial charge in [0.2, 0.25) is 0 Å². The van der Waals surface area contributed by atoms with Gasteiger partial charge in [0, 0.05) is 24.6 Å². The Morgan fingerprint density at radius 3 is 2.56 bits per heavy atom. The maximum atomic E-state index is 12.9. The Kier molecular flexibility index (Phi) is 5.16. The van der Waals surface area contributed by atoms with Gasteiger partial charge in [0.25, 0.3) is 5.56 Å². The Morgan fingerprint density at radius 2 is 1.89 bits per heavy atom. The number of aromatic nitrogens is 2. The van der Waals surface area contributed by atoms with Crippen molar-refractivity contribution < 1.29 is 17.9 Å². The Bertz CT molecular complexity index is 982. The third kappa shape index (κ3) is 4.28. The van der Waals surface area contributed by atoms with E-state index in [2.05, 4.69) is 10.3 Å². The predicted molar refractivity (Wildman–Crippen MR) is 95.2 cm³/mol. The predicted octanol–water partition coefficient (Wildman–Crippen LogP) is 3.87. The average Bonchev–Trinajstić information content (AvgIpc) is 2.67. The second-order valence-corrected chi connectivity index (χ2v) is 5.70. The van der Waals surface area contributed by atoms with Gasteiger partial charge in [0.05, 0.1) is 12.7 Å². The highest BCUT2D eigenvalue weighted by molar-refractivity contribution is 5.41. The standard InChI is InChI=1S/C19H16F3N3O2/c1-27-16-7-5-13(6-8-16)12-24-17-18(26)25(10-9-23-17)15-4-2-3-14(11-15)19(20,21)22/h2-11H,12H2,1H3,(H,23,24). The molecular weight excluding hydrogens is 359 g/mol. The Morgan fingerprint density at radius 1 is 1.15 bits per heavy atom. The van der Waals surface area contributed by atoms with Gasteiger partial charge in [-0.1, -0.05) is 18.2 Å². The van der Waals surface area contributed by atoms with E-state index < -0.39 is 17.3 Å². The molecule has 3 rings (SSSR count). The van der Waals surface area contributed by atoms with Crippen LogP contribution in [0.2, 0.25) is 0 Å². The third-order valence-corrected chi connectivity index (χ3v) is 3.91. The third-order valence-electron chi connectivity index (χ3n) is 3.91. The molecule has 1 aromatic heterocycles. The van der Waals surface area contributed by atoms with Gasteiger partial charge >= 0.3 is 6.18 Å². The molecule has 0 radical (unpaired) electrons. The van der Waals surface area contributed by atoms with Gasteiger partial charge in [0.1, 0.15) is 5.75 Å². The second kappa shape index (κ2) is 7.53. The molecule has 0 atom stereocenters. The van der Waals surface area contributed by atoms with Crippen molar-refractivity contribution in [1.29, 1.82) is 0 Å². The molecule has 27 heavy (non-hydrogen) atoms. The van der Waals surface area contributed by atoms with Crippen LogP contribution in [0.3, 0.4) is 0 Å². The first-order chi connectivity index (χ1) is 12.9. The fraction of sp³-hybridized carbons (Fsp3) is 0.158. The van der Waals surface area contributed by atoms with Crippen molar-refractivity contribution in [3.05, 3.63) is 82.4 Å². The summed E-state index contributed by atoms with van der Waals surface area (Å²) in [6.07, 6.45) is -1.80. The first-order valence-electron chi connectivity index (χ1n) is 8.00. The van der Waals surface area contributed by atoms with E-state index in [-0.39, 0.29) is 11.5 Å². The van der Waals surface area contributed by atoms with Gasteiger partial charge in [-0.05, 0) is 35.9 Å². The number of ether oxygens (including phenoxy) is 1. The topological polar surface area (TPSA) is 56.1 Å². The van der Waals surface area contributed by atoms with E-state index in [1.165, 1.54) is 24.5 Å². The molecule has 8 heteroatoms. The minimum absolute atomic E-state index is 0.0470. The van der Waals surface area contributed by atoms with Gasteiger partial charge in [-0.3, -0.25) is 9.36 Å². The largest absolute Gasteiger partial charge is 0.497 e. The summed E-state index contributed by atoms with van der Waals surface area (Å²) in [6, 6.07) is 11.8. The molecule has 0 fully saturated rings. The van der Waals surface area contributed by atoms with E-state index in [9.17, 15) is 18.0 Å². The highest BCUT2D eigenvalue weighted by atomic mass is 19.4. The monoisotopic (exact) mass is 375 g/mol. The molecule has 0 amide bonds. The molecule has 0 saturated carbocycles. The molecule has 2 aromatic carbocycles. The van der Waals surface area contributed by atoms with Crippen LogP contribution in [0.25, 0.3) is 5.69 Å². The van der Waals surface area contributed by atoms with E-state index in [1.807, 2.05) is 12.1 Å². The maximum absolute atomic E-state index is 12.9. The van der Waals surface area contributed by atoms with Crippen molar-refractivity contribution in [2.75, 3.05) is 12.4 Å². The summed E-state index contributed by atoms with van der Waals surface area (Å²) in [5.74, 6) is 0.759. The van der Waals surface area contributed by atoms with E-state index in [4.69, 9.17) is 4.74 Å². The lowest BCUT2D eigenvalue weighted by atomic mass is 10.2. The first kappa shape index (κ1) is 18.5. The number of hydrogen-bond acceptors (Lipinski definition) is 4. The highest BCUT2D eigenvalue weighted by Crippen LogP contribution is 2.30. The average molecular weight is 375 g/mol. The van der Waals surface area contributed by atoms with Gasteiger partial charge in [-0.15, -0.1) is 0 Å². The zero-order valence-corrected chi connectivity index (χ0v) is 14.3. The van der Waals surface area contributed by atoms with Gasteiger partial charge in [0.15, 0.2) is 5.82 Å². The summed E-state index contributed by atoms with van der Waals surface area (Å²) in [6.45, 7) is 0.332. The molecule has 5 nitrogen and oxygen atoms in total. The zero-order valence-electron chi connectivity index (χ0n) is 14.3. The van der Waals surface area contributed by atoms with Crippen molar-refractivity contribution in [1.82, 2.24) is 9.55 Å². The minimum atomic E-state index is -4.48. The molecule has 0 saturated heterocycles. The first-order valence-corrected chi connectivity index (χ1v) is 8.00. The number of methoxy groups -OCH3 is 1. The quantitative estimate of drug-likeness (QED) is 0.736. The number of alkyl halides is 3. The minimum Gasteiger partial charge on any atom is -0.497 e. The highest BCUT2D eigenvalue weighted by Gasteiger charge is 2.30. The number of nitrogens with zero attached hydrogens (tertiary/aromatic N) is 2. The lowest BCUT2D eigenvalue weighted by Gasteiger charge is -2.12. The Labute approximate surface area is 153 Å². The van der Waals surface area contributed by atoms with Crippen molar-refractivity contribution >= 4 is 5.82 Å². The number of rotatable bonds is 5. The molecule has 0 unspecified atom stereocenters. The van der Waals surface area contributed by atoms with Crippen LogP contribution in [0.1, 0.15) is 11.1 Å². The van der Waals surface area contributed by atoms with Crippen LogP contribution < -0.4 is 15.6 Å². The van der Waals surface area contributed by atoms with Crippen molar-refractivity contribution in [2.45, 2.75) is 12.7 Å². The zero-order chi connectivity index (χ0) is 19.4. The molecule has 0 aliphatic heterocycles. The Balaban J connectivity index is 1.84. The van der Waals surface area contributed by atoms with Crippen molar-refractivity contribution in [3.63, 3.8) is 0 Å². The van der Waals surface area contributed by atoms with Crippen LogP contribution in [0, 0.1) is 0 Å². The van der Waals surface area contributed by atoms with Crippen molar-refractivity contribution in [2.24, 2.45) is 0 Å². The maximum Gasteiger partial charge on any atom is 0.416 e. The fourth-order valence-corrected chi connectivity index (χ4v) is 2.50. The second-order valence-electron chi connectivity index (χ2n) is 5.70. The molecule has 0 spiro atoms. The smallest absolute Gasteiger partial charge is 0.416 e. The SMILES string of the molecule is COc1ccc(CNc2nccn(-c3cccc(C(F)(F)F)c3)c2=O)cc1. The summed E-state index contributed by atoms with van der Waals surface area (Å²) in [7, 11) is 1.57. The molecule has 140 valence electrons. The van der Waals surface area contributed by atoms with Crippen LogP contribution in [-0.4, -0.2) is 16.7 Å². The number of nitrogens with one attached hydrogen (secondary N) is 1. The van der Waals surface area contributed by atoms with E-state index in [0.717, 1.165) is 22.3 Å². The lowest BCUT2D eigenvalue weighted by Crippen LogP contribution is -2.23. The Hall–Kier alpha value is -3.29. The van der Waals surface area contributed by atoms with E-state index >= 15 is 0 Å². The van der Waals surface area contributed by atoms with Gasteiger partial charge < -0.3 is 10.1 Å². The summed E-state index contributed by atoms with van der Waals surface area (Å²) in [4.78, 5) is 16.6. The van der Waals surface area contributed by atoms with Crippen LogP contribution in [0.5, 0.6) is 5.75 Å². The van der Waals surface area contributed by atoms with Crippen LogP contribution in [0.4, 0.5) is 19.0 Å². The van der Waals surface area contributed by atoms with Crippen LogP contribution in [0.15, 0.2) is 65.7 Å². The number of hydrogen-bond donors (Lipinski definition) is 1. The summed E-state index contributed by atoms with van der Waals surface area (Å²) in [5.41, 5.74) is -0.349. The number of anilines is 1. The summed E-state index contributed by atoms with van der Waals surface area (Å²) in [5, 5.41) is 2.91. The van der Waals surface area contributed by atoms with E-state index in [0.29, 0.717) is 12.3 Å². The molecule has 1 N–H and O–H groups in total. The molecule has 0 aliphatic rings. The molecule has 0 bridgehead atoms. The molecular formula is C19H16F3N3O2. The van der Waals surface area contributed by atoms with Crippen molar-refractivity contribution in [3.8, 4) is 11.4 Å². The summed E-state index contributed by atoms with van der Waals surface area (Å²) < 4.78 is 44.9.